The smallest absolute Gasteiger partial charge is 0.258 e. The number of nitrogens with zero attached hydrogens (tertiary/aromatic N) is 1. The van der Waals surface area contributed by atoms with E-state index in [-0.39, 0.29) is 24.8 Å². The van der Waals surface area contributed by atoms with Gasteiger partial charge in [0.15, 0.2) is 0 Å². The molecule has 0 bridgehead atoms. The van der Waals surface area contributed by atoms with E-state index in [2.05, 4.69) is 15.3 Å². The Morgan fingerprint density at radius 1 is 1.07 bits per heavy atom. The third-order valence-corrected chi connectivity index (χ3v) is 4.15. The number of rotatable bonds is 7. The lowest BCUT2D eigenvalue weighted by atomic mass is 10.1. The Kier molecular flexibility index (Phi) is 5.61. The number of benzene rings is 2. The lowest BCUT2D eigenvalue weighted by Gasteiger charge is -2.19. The summed E-state index contributed by atoms with van der Waals surface area (Å²) in [6.07, 6.45) is 0.330. The third kappa shape index (κ3) is 4.78. The van der Waals surface area contributed by atoms with E-state index < -0.39 is 17.9 Å². The van der Waals surface area contributed by atoms with Crippen LogP contribution in [0.3, 0.4) is 0 Å². The maximum atomic E-state index is 12.1. The van der Waals surface area contributed by atoms with E-state index in [1.165, 1.54) is 0 Å². The lowest BCUT2D eigenvalue weighted by Crippen LogP contribution is -2.49. The predicted octanol–water partition coefficient (Wildman–Crippen LogP) is 0.333. The molecule has 0 spiro atoms. The average molecular weight is 364 g/mol. The Bertz CT molecular complexity index is 1010. The van der Waals surface area contributed by atoms with Gasteiger partial charge in [-0.05, 0) is 24.1 Å². The zero-order valence-corrected chi connectivity index (χ0v) is 14.5. The quantitative estimate of drug-likeness (QED) is 0.627. The normalized spacial score (nSPS) is 11.9. The number of carboxylic acids is 1. The minimum absolute atomic E-state index is 0.000149. The number of aryl methyl sites for hydroxylation is 1. The molecule has 3 rings (SSSR count). The maximum Gasteiger partial charge on any atom is 0.258 e. The van der Waals surface area contributed by atoms with Gasteiger partial charge in [0.1, 0.15) is 5.82 Å². The van der Waals surface area contributed by atoms with Crippen LogP contribution in [0.5, 0.6) is 0 Å². The molecule has 1 heterocycles. The van der Waals surface area contributed by atoms with Crippen LogP contribution in [-0.2, 0) is 22.4 Å². The van der Waals surface area contributed by atoms with Crippen molar-refractivity contribution in [3.05, 3.63) is 76.3 Å². The van der Waals surface area contributed by atoms with Gasteiger partial charge < -0.3 is 20.2 Å². The first kappa shape index (κ1) is 18.3. The monoisotopic (exact) mass is 364 g/mol. The van der Waals surface area contributed by atoms with Crippen molar-refractivity contribution in [1.29, 1.82) is 0 Å². The first-order valence-electron chi connectivity index (χ1n) is 8.55. The molecule has 138 valence electrons. The zero-order chi connectivity index (χ0) is 19.2. The SMILES string of the molecule is O=C(CCc1nc2ccccc2c(=O)[nH]1)N[C@H](Cc1ccccc1)C(=O)[O-]. The fraction of sp³-hybridized carbons (Fsp3) is 0.200. The number of aliphatic carboxylic acids is 1. The second kappa shape index (κ2) is 8.27. The highest BCUT2D eigenvalue weighted by Crippen LogP contribution is 2.07. The van der Waals surface area contributed by atoms with Crippen LogP contribution >= 0.6 is 0 Å². The van der Waals surface area contributed by atoms with Gasteiger partial charge in [-0.1, -0.05) is 42.5 Å². The second-order valence-electron chi connectivity index (χ2n) is 6.16. The van der Waals surface area contributed by atoms with Crippen LogP contribution in [0.15, 0.2) is 59.4 Å². The van der Waals surface area contributed by atoms with Crippen LogP contribution < -0.4 is 16.0 Å². The Morgan fingerprint density at radius 3 is 2.52 bits per heavy atom. The highest BCUT2D eigenvalue weighted by molar-refractivity contribution is 5.83. The molecule has 27 heavy (non-hydrogen) atoms. The summed E-state index contributed by atoms with van der Waals surface area (Å²) >= 11 is 0. The molecule has 3 aromatic rings. The molecule has 0 aliphatic heterocycles. The number of carbonyl (C=O) groups excluding carboxylic acids is 2. The number of nitrogens with one attached hydrogen (secondary N) is 2. The van der Waals surface area contributed by atoms with E-state index in [9.17, 15) is 19.5 Å². The Morgan fingerprint density at radius 2 is 1.78 bits per heavy atom. The fourth-order valence-corrected chi connectivity index (χ4v) is 2.79. The van der Waals surface area contributed by atoms with Crippen molar-refractivity contribution in [1.82, 2.24) is 15.3 Å². The van der Waals surface area contributed by atoms with Crippen LogP contribution in [0.4, 0.5) is 0 Å². The molecule has 0 saturated heterocycles. The highest BCUT2D eigenvalue weighted by atomic mass is 16.4. The zero-order valence-electron chi connectivity index (χ0n) is 14.5. The van der Waals surface area contributed by atoms with Crippen LogP contribution in [-0.4, -0.2) is 27.9 Å². The number of aromatic nitrogens is 2. The van der Waals surface area contributed by atoms with Crippen molar-refractivity contribution in [3.8, 4) is 0 Å². The average Bonchev–Trinajstić information content (AvgIpc) is 2.67. The van der Waals surface area contributed by atoms with E-state index in [1.807, 2.05) is 6.07 Å². The Balaban J connectivity index is 1.63. The van der Waals surface area contributed by atoms with Gasteiger partial charge in [0.05, 0.1) is 22.9 Å². The van der Waals surface area contributed by atoms with Crippen molar-refractivity contribution >= 4 is 22.8 Å². The van der Waals surface area contributed by atoms with Gasteiger partial charge >= 0.3 is 0 Å². The number of amides is 1. The number of H-pyrrole nitrogens is 1. The number of aromatic amines is 1. The molecule has 0 aliphatic carbocycles. The van der Waals surface area contributed by atoms with E-state index in [0.717, 1.165) is 5.56 Å². The first-order chi connectivity index (χ1) is 13.0. The van der Waals surface area contributed by atoms with Crippen LogP contribution in [0.1, 0.15) is 17.8 Å². The molecule has 1 atom stereocenters. The van der Waals surface area contributed by atoms with Crippen molar-refractivity contribution < 1.29 is 14.7 Å². The van der Waals surface area contributed by atoms with Crippen molar-refractivity contribution in [2.45, 2.75) is 25.3 Å². The van der Waals surface area contributed by atoms with Crippen LogP contribution in [0.2, 0.25) is 0 Å². The number of hydrogen-bond donors (Lipinski definition) is 2. The summed E-state index contributed by atoms with van der Waals surface area (Å²) in [5.41, 5.74) is 1.06. The van der Waals surface area contributed by atoms with E-state index in [4.69, 9.17) is 0 Å². The Labute approximate surface area is 155 Å². The minimum Gasteiger partial charge on any atom is -0.548 e. The summed E-state index contributed by atoms with van der Waals surface area (Å²) < 4.78 is 0. The molecular weight excluding hydrogens is 346 g/mol. The molecule has 7 heteroatoms. The van der Waals surface area contributed by atoms with E-state index in [0.29, 0.717) is 16.7 Å². The molecule has 0 radical (unpaired) electrons. The topological polar surface area (TPSA) is 115 Å². The summed E-state index contributed by atoms with van der Waals surface area (Å²) in [6.45, 7) is 0. The first-order valence-corrected chi connectivity index (χ1v) is 8.55. The third-order valence-electron chi connectivity index (χ3n) is 4.15. The molecule has 7 nitrogen and oxygen atoms in total. The summed E-state index contributed by atoms with van der Waals surface area (Å²) in [7, 11) is 0. The number of hydrogen-bond acceptors (Lipinski definition) is 5. The maximum absolute atomic E-state index is 12.1. The van der Waals surface area contributed by atoms with Crippen molar-refractivity contribution in [3.63, 3.8) is 0 Å². The Hall–Kier alpha value is -3.48. The number of carbonyl (C=O) groups is 2. The molecule has 1 aromatic heterocycles. The molecule has 1 amide bonds. The molecule has 0 saturated carbocycles. The van der Waals surface area contributed by atoms with Gasteiger partial charge in [0, 0.05) is 12.8 Å². The summed E-state index contributed by atoms with van der Waals surface area (Å²) in [5, 5.41) is 14.3. The van der Waals surface area contributed by atoms with Crippen LogP contribution in [0, 0.1) is 0 Å². The minimum atomic E-state index is -1.34. The standard InChI is InChI=1S/C20H19N3O4/c24-18(22-16(20(26)27)12-13-6-2-1-3-7-13)11-10-17-21-15-9-5-4-8-14(15)19(25)23-17/h1-9,16H,10-12H2,(H,22,24)(H,26,27)(H,21,23,25)/p-1/t16-/m1/s1. The van der Waals surface area contributed by atoms with Crippen molar-refractivity contribution in [2.24, 2.45) is 0 Å². The number of carboxylic acid groups (broad SMARTS) is 1. The molecule has 2 aromatic carbocycles. The molecule has 0 aliphatic rings. The second-order valence-corrected chi connectivity index (χ2v) is 6.16. The van der Waals surface area contributed by atoms with Gasteiger partial charge in [-0.2, -0.15) is 0 Å². The molecule has 0 fully saturated rings. The van der Waals surface area contributed by atoms with Gasteiger partial charge in [0.25, 0.3) is 5.56 Å². The van der Waals surface area contributed by atoms with Gasteiger partial charge in [-0.3, -0.25) is 9.59 Å². The van der Waals surface area contributed by atoms with E-state index in [1.54, 1.807) is 48.5 Å². The molecular formula is C20H18N3O4-. The highest BCUT2D eigenvalue weighted by Gasteiger charge is 2.15. The van der Waals surface area contributed by atoms with Gasteiger partial charge in [0.2, 0.25) is 5.91 Å². The van der Waals surface area contributed by atoms with Crippen molar-refractivity contribution in [2.75, 3.05) is 0 Å². The molecule has 0 unspecified atom stereocenters. The van der Waals surface area contributed by atoms with Gasteiger partial charge in [-0.15, -0.1) is 0 Å². The number of para-hydroxylation sites is 1. The number of fused-ring (bicyclic) bond motifs is 1. The van der Waals surface area contributed by atoms with Crippen LogP contribution in [0.25, 0.3) is 10.9 Å². The summed E-state index contributed by atoms with van der Waals surface area (Å²) in [6, 6.07) is 14.8. The van der Waals surface area contributed by atoms with E-state index >= 15 is 0 Å². The lowest BCUT2D eigenvalue weighted by molar-refractivity contribution is -0.308. The fourth-order valence-electron chi connectivity index (χ4n) is 2.79. The largest absolute Gasteiger partial charge is 0.548 e. The molecule has 2 N–H and O–H groups in total. The summed E-state index contributed by atoms with van der Waals surface area (Å²) in [4.78, 5) is 42.5. The van der Waals surface area contributed by atoms with Gasteiger partial charge in [-0.25, -0.2) is 4.98 Å². The summed E-state index contributed by atoms with van der Waals surface area (Å²) in [5.74, 6) is -1.41. The predicted molar refractivity (Wildman–Crippen MR) is 97.8 cm³/mol.